The maximum Gasteiger partial charge on any atom is 0.240 e. The van der Waals surface area contributed by atoms with Crippen LogP contribution in [-0.4, -0.2) is 39.4 Å². The van der Waals surface area contributed by atoms with E-state index in [9.17, 15) is 13.2 Å². The van der Waals surface area contributed by atoms with Gasteiger partial charge in [0.1, 0.15) is 6.54 Å². The molecule has 158 valence electrons. The molecule has 29 heavy (non-hydrogen) atoms. The Morgan fingerprint density at radius 1 is 1.10 bits per heavy atom. The molecular formula is C19H21Cl3N2O3S2. The second-order valence-corrected chi connectivity index (χ2v) is 10.5. The smallest absolute Gasteiger partial charge is 0.240 e. The zero-order valence-electron chi connectivity index (χ0n) is 15.7. The van der Waals surface area contributed by atoms with Crippen LogP contribution in [0.2, 0.25) is 15.1 Å². The van der Waals surface area contributed by atoms with Crippen molar-refractivity contribution in [2.75, 3.05) is 29.4 Å². The average molecular weight is 496 g/mol. The highest BCUT2D eigenvalue weighted by Gasteiger charge is 2.23. The Morgan fingerprint density at radius 3 is 2.45 bits per heavy atom. The first-order chi connectivity index (χ1) is 13.7. The molecule has 0 saturated heterocycles. The van der Waals surface area contributed by atoms with Crippen molar-refractivity contribution in [3.8, 4) is 0 Å². The molecular weight excluding hydrogens is 475 g/mol. The minimum Gasteiger partial charge on any atom is -0.354 e. The molecule has 0 fully saturated rings. The van der Waals surface area contributed by atoms with Gasteiger partial charge in [-0.3, -0.25) is 9.10 Å². The van der Waals surface area contributed by atoms with E-state index in [1.165, 1.54) is 11.6 Å². The fraction of sp³-hybridized carbons (Fsp3) is 0.316. The number of thioether (sulfide) groups is 1. The van der Waals surface area contributed by atoms with Crippen LogP contribution in [-0.2, 0) is 20.6 Å². The third kappa shape index (κ3) is 7.90. The standard InChI is InChI=1S/C19H21Cl3N2O3S2/c1-29(26,27)24(17-5-2-4-16(21)19(17)22)12-18(25)23-10-3-11-28-13-14-6-8-15(20)9-7-14/h2,4-9H,3,10-13H2,1H3,(H,23,25). The zero-order chi connectivity index (χ0) is 21.4. The summed E-state index contributed by atoms with van der Waals surface area (Å²) in [7, 11) is -3.71. The van der Waals surface area contributed by atoms with E-state index in [1.807, 2.05) is 24.3 Å². The number of anilines is 1. The Kier molecular flexibility index (Phi) is 9.43. The van der Waals surface area contributed by atoms with E-state index in [4.69, 9.17) is 34.8 Å². The molecule has 2 rings (SSSR count). The van der Waals surface area contributed by atoms with E-state index >= 15 is 0 Å². The number of halogens is 3. The second kappa shape index (κ2) is 11.3. The van der Waals surface area contributed by atoms with Crippen LogP contribution >= 0.6 is 46.6 Å². The summed E-state index contributed by atoms with van der Waals surface area (Å²) < 4.78 is 25.2. The highest BCUT2D eigenvalue weighted by molar-refractivity contribution is 7.98. The van der Waals surface area contributed by atoms with Gasteiger partial charge < -0.3 is 5.32 Å². The van der Waals surface area contributed by atoms with Gasteiger partial charge in [0, 0.05) is 17.3 Å². The summed E-state index contributed by atoms with van der Waals surface area (Å²) in [5.41, 5.74) is 1.36. The third-order valence-corrected chi connectivity index (χ3v) is 7.16. The molecule has 0 saturated carbocycles. The van der Waals surface area contributed by atoms with Gasteiger partial charge in [0.15, 0.2) is 0 Å². The van der Waals surface area contributed by atoms with E-state index in [2.05, 4.69) is 5.32 Å². The van der Waals surface area contributed by atoms with Crippen molar-refractivity contribution >= 4 is 68.2 Å². The fourth-order valence-corrected chi connectivity index (χ4v) is 4.78. The van der Waals surface area contributed by atoms with Gasteiger partial charge in [-0.05, 0) is 42.0 Å². The van der Waals surface area contributed by atoms with E-state index < -0.39 is 15.9 Å². The van der Waals surface area contributed by atoms with Crippen molar-refractivity contribution in [1.29, 1.82) is 0 Å². The summed E-state index contributed by atoms with van der Waals surface area (Å²) in [4.78, 5) is 12.2. The topological polar surface area (TPSA) is 66.5 Å². The van der Waals surface area contributed by atoms with Gasteiger partial charge in [-0.25, -0.2) is 8.42 Å². The van der Waals surface area contributed by atoms with Crippen molar-refractivity contribution < 1.29 is 13.2 Å². The molecule has 10 heteroatoms. The van der Waals surface area contributed by atoms with Gasteiger partial charge in [0.05, 0.1) is 22.0 Å². The lowest BCUT2D eigenvalue weighted by atomic mass is 10.2. The van der Waals surface area contributed by atoms with Crippen molar-refractivity contribution in [3.63, 3.8) is 0 Å². The van der Waals surface area contributed by atoms with Crippen molar-refractivity contribution in [3.05, 3.63) is 63.1 Å². The molecule has 0 bridgehead atoms. The number of carbonyl (C=O) groups excluding carboxylic acids is 1. The molecule has 0 radical (unpaired) electrons. The van der Waals surface area contributed by atoms with Crippen LogP contribution in [0, 0.1) is 0 Å². The number of amides is 1. The predicted molar refractivity (Wildman–Crippen MR) is 124 cm³/mol. The summed E-state index contributed by atoms with van der Waals surface area (Å²) in [6.07, 6.45) is 1.78. The SMILES string of the molecule is CS(=O)(=O)N(CC(=O)NCCCSCc1ccc(Cl)cc1)c1cccc(Cl)c1Cl. The predicted octanol–water partition coefficient (Wildman–Crippen LogP) is 4.85. The average Bonchev–Trinajstić information content (AvgIpc) is 2.66. The number of hydrogen-bond donors (Lipinski definition) is 1. The monoisotopic (exact) mass is 494 g/mol. The second-order valence-electron chi connectivity index (χ2n) is 6.23. The maximum absolute atomic E-state index is 12.2. The van der Waals surface area contributed by atoms with Crippen LogP contribution in [0.25, 0.3) is 0 Å². The summed E-state index contributed by atoms with van der Waals surface area (Å²) >= 11 is 19.7. The Hall–Kier alpha value is -1.12. The quantitative estimate of drug-likeness (QED) is 0.478. The number of sulfonamides is 1. The molecule has 0 aliphatic carbocycles. The lowest BCUT2D eigenvalue weighted by Gasteiger charge is -2.23. The molecule has 0 aromatic heterocycles. The highest BCUT2D eigenvalue weighted by Crippen LogP contribution is 2.33. The number of nitrogens with one attached hydrogen (secondary N) is 1. The van der Waals surface area contributed by atoms with E-state index in [-0.39, 0.29) is 22.3 Å². The van der Waals surface area contributed by atoms with Crippen LogP contribution in [0.5, 0.6) is 0 Å². The molecule has 0 atom stereocenters. The number of nitrogens with zero attached hydrogens (tertiary/aromatic N) is 1. The first-order valence-electron chi connectivity index (χ1n) is 8.69. The fourth-order valence-electron chi connectivity index (χ4n) is 2.43. The van der Waals surface area contributed by atoms with Crippen molar-refractivity contribution in [2.24, 2.45) is 0 Å². The van der Waals surface area contributed by atoms with Crippen LogP contribution in [0.4, 0.5) is 5.69 Å². The minimum absolute atomic E-state index is 0.0889. The number of rotatable bonds is 10. The van der Waals surface area contributed by atoms with Gasteiger partial charge >= 0.3 is 0 Å². The van der Waals surface area contributed by atoms with Gasteiger partial charge in [0.25, 0.3) is 0 Å². The molecule has 2 aromatic carbocycles. The highest BCUT2D eigenvalue weighted by atomic mass is 35.5. The molecule has 0 aliphatic heterocycles. The lowest BCUT2D eigenvalue weighted by molar-refractivity contribution is -0.119. The van der Waals surface area contributed by atoms with Crippen LogP contribution in [0.3, 0.4) is 0 Å². The van der Waals surface area contributed by atoms with Gasteiger partial charge in [-0.15, -0.1) is 0 Å². The first kappa shape index (κ1) is 24.2. The molecule has 1 amide bonds. The van der Waals surface area contributed by atoms with Crippen molar-refractivity contribution in [1.82, 2.24) is 5.32 Å². The number of benzene rings is 2. The Morgan fingerprint density at radius 2 is 1.79 bits per heavy atom. The van der Waals surface area contributed by atoms with E-state index in [1.54, 1.807) is 23.9 Å². The summed E-state index contributed by atoms with van der Waals surface area (Å²) in [5.74, 6) is 1.31. The molecule has 2 aromatic rings. The van der Waals surface area contributed by atoms with Crippen LogP contribution in [0.15, 0.2) is 42.5 Å². The normalized spacial score (nSPS) is 11.3. The summed E-state index contributed by atoms with van der Waals surface area (Å²) in [6, 6.07) is 12.3. The molecule has 0 unspecified atom stereocenters. The first-order valence-corrected chi connectivity index (χ1v) is 12.8. The maximum atomic E-state index is 12.2. The Bertz CT molecular complexity index is 938. The Balaban J connectivity index is 1.80. The molecule has 0 aliphatic rings. The summed E-state index contributed by atoms with van der Waals surface area (Å²) in [6.45, 7) is 0.0874. The van der Waals surface area contributed by atoms with Crippen LogP contribution in [0.1, 0.15) is 12.0 Å². The van der Waals surface area contributed by atoms with Crippen LogP contribution < -0.4 is 9.62 Å². The molecule has 0 spiro atoms. The lowest BCUT2D eigenvalue weighted by Crippen LogP contribution is -2.40. The number of hydrogen-bond acceptors (Lipinski definition) is 4. The van der Waals surface area contributed by atoms with E-state index in [0.717, 1.165) is 28.5 Å². The number of carbonyl (C=O) groups is 1. The molecule has 0 heterocycles. The van der Waals surface area contributed by atoms with Gasteiger partial charge in [0.2, 0.25) is 15.9 Å². The van der Waals surface area contributed by atoms with Gasteiger partial charge in [-0.1, -0.05) is 53.0 Å². The zero-order valence-corrected chi connectivity index (χ0v) is 19.6. The molecule has 5 nitrogen and oxygen atoms in total. The van der Waals surface area contributed by atoms with Crippen molar-refractivity contribution in [2.45, 2.75) is 12.2 Å². The molecule has 1 N–H and O–H groups in total. The van der Waals surface area contributed by atoms with Gasteiger partial charge in [-0.2, -0.15) is 11.8 Å². The Labute approximate surface area is 190 Å². The van der Waals surface area contributed by atoms with E-state index in [0.29, 0.717) is 11.6 Å². The minimum atomic E-state index is -3.71. The summed E-state index contributed by atoms with van der Waals surface area (Å²) in [5, 5.41) is 3.76. The third-order valence-electron chi connectivity index (χ3n) is 3.86. The largest absolute Gasteiger partial charge is 0.354 e.